The topological polar surface area (TPSA) is 29.3 Å². The van der Waals surface area contributed by atoms with Crippen LogP contribution in [0.3, 0.4) is 0 Å². The van der Waals surface area contributed by atoms with Crippen LogP contribution in [-0.4, -0.2) is 23.5 Å². The summed E-state index contributed by atoms with van der Waals surface area (Å²) in [6.45, 7) is 2.85. The highest BCUT2D eigenvalue weighted by Crippen LogP contribution is 2.13. The van der Waals surface area contributed by atoms with Gasteiger partial charge in [-0.05, 0) is 13.1 Å². The maximum atomic E-state index is 13.4. The van der Waals surface area contributed by atoms with E-state index in [2.05, 4.69) is 0 Å². The Hall–Kier alpha value is -1.07. The monoisotopic (exact) mass is 258 g/mol. The number of nitrogens with two attached hydrogens (primary N) is 1. The van der Waals surface area contributed by atoms with E-state index in [1.54, 1.807) is 6.07 Å². The summed E-state index contributed by atoms with van der Waals surface area (Å²) in [6.07, 6.45) is 0. The molecule has 0 aliphatic rings. The molecule has 1 atom stereocenters. The van der Waals surface area contributed by atoms with Gasteiger partial charge in [-0.1, -0.05) is 31.3 Å². The van der Waals surface area contributed by atoms with Crippen LogP contribution in [0.25, 0.3) is 0 Å². The maximum absolute atomic E-state index is 13.4. The summed E-state index contributed by atoms with van der Waals surface area (Å²) in [5.41, 5.74) is 5.84. The fourth-order valence-electron chi connectivity index (χ4n) is 1.58. The first-order valence-corrected chi connectivity index (χ1v) is 5.73. The molecule has 0 fully saturated rings. The first-order valence-electron chi connectivity index (χ1n) is 5.32. The van der Waals surface area contributed by atoms with E-state index >= 15 is 0 Å². The van der Waals surface area contributed by atoms with Gasteiger partial charge in [-0.3, -0.25) is 0 Å². The summed E-state index contributed by atoms with van der Waals surface area (Å²) in [5, 5.41) is 0. The first-order chi connectivity index (χ1) is 7.91. The average molecular weight is 258 g/mol. The lowest BCUT2D eigenvalue weighted by Crippen LogP contribution is -2.31. The van der Waals surface area contributed by atoms with Crippen molar-refractivity contribution in [2.24, 2.45) is 11.7 Å². The van der Waals surface area contributed by atoms with E-state index in [9.17, 15) is 8.78 Å². The Morgan fingerprint density at radius 1 is 1.47 bits per heavy atom. The minimum absolute atomic E-state index is 0.0478. The second-order valence-electron chi connectivity index (χ2n) is 4.21. The second-order valence-corrected chi connectivity index (χ2v) is 4.68. The van der Waals surface area contributed by atoms with Crippen molar-refractivity contribution in [3.63, 3.8) is 0 Å². The van der Waals surface area contributed by atoms with Crippen LogP contribution in [0.1, 0.15) is 12.5 Å². The Labute approximate surface area is 105 Å². The third kappa shape index (κ3) is 4.02. The fraction of sp³-hybridized carbons (Fsp3) is 0.417. The van der Waals surface area contributed by atoms with Gasteiger partial charge in [0.25, 0.3) is 0 Å². The quantitative estimate of drug-likeness (QED) is 0.822. The van der Waals surface area contributed by atoms with Crippen LogP contribution in [0.4, 0.5) is 8.78 Å². The molecule has 0 amide bonds. The van der Waals surface area contributed by atoms with Crippen molar-refractivity contribution < 1.29 is 8.78 Å². The van der Waals surface area contributed by atoms with Crippen molar-refractivity contribution in [1.82, 2.24) is 4.90 Å². The number of hydrogen-bond acceptors (Lipinski definition) is 2. The zero-order valence-electron chi connectivity index (χ0n) is 9.91. The van der Waals surface area contributed by atoms with Crippen LogP contribution in [0.2, 0.25) is 0 Å². The highest BCUT2D eigenvalue weighted by molar-refractivity contribution is 7.80. The van der Waals surface area contributed by atoms with Gasteiger partial charge in [0.1, 0.15) is 0 Å². The molecule has 2 N–H and O–H groups in total. The van der Waals surface area contributed by atoms with E-state index in [1.807, 2.05) is 18.9 Å². The maximum Gasteiger partial charge on any atom is 0.163 e. The third-order valence-corrected chi connectivity index (χ3v) is 2.95. The van der Waals surface area contributed by atoms with E-state index < -0.39 is 11.6 Å². The van der Waals surface area contributed by atoms with Crippen molar-refractivity contribution in [2.45, 2.75) is 13.5 Å². The number of thiocarbonyl (C=S) groups is 1. The highest BCUT2D eigenvalue weighted by atomic mass is 32.1. The lowest BCUT2D eigenvalue weighted by Gasteiger charge is -2.20. The van der Waals surface area contributed by atoms with Gasteiger partial charge in [0.15, 0.2) is 11.6 Å². The first kappa shape index (κ1) is 14.0. The largest absolute Gasteiger partial charge is 0.393 e. The summed E-state index contributed by atoms with van der Waals surface area (Å²) < 4.78 is 26.4. The van der Waals surface area contributed by atoms with E-state index in [0.29, 0.717) is 23.6 Å². The molecule has 0 bridgehead atoms. The minimum atomic E-state index is -0.821. The molecule has 5 heteroatoms. The Balaban J connectivity index is 2.65. The lowest BCUT2D eigenvalue weighted by molar-refractivity contribution is 0.301. The molecule has 2 nitrogen and oxygen atoms in total. The SMILES string of the molecule is CC(CN(C)Cc1cccc(F)c1F)C(N)=S. The fourth-order valence-corrected chi connectivity index (χ4v) is 1.66. The molecule has 0 radical (unpaired) electrons. The normalized spacial score (nSPS) is 12.8. The van der Waals surface area contributed by atoms with Crippen LogP contribution in [0, 0.1) is 17.6 Å². The van der Waals surface area contributed by atoms with Crippen molar-refractivity contribution in [1.29, 1.82) is 0 Å². The molecular weight excluding hydrogens is 242 g/mol. The Morgan fingerprint density at radius 3 is 2.71 bits per heavy atom. The summed E-state index contributed by atoms with van der Waals surface area (Å²) in [7, 11) is 1.82. The number of hydrogen-bond donors (Lipinski definition) is 1. The molecule has 0 aliphatic heterocycles. The molecule has 0 saturated carbocycles. The summed E-state index contributed by atoms with van der Waals surface area (Å²) in [5.74, 6) is -1.56. The van der Waals surface area contributed by atoms with E-state index in [1.165, 1.54) is 6.07 Å². The lowest BCUT2D eigenvalue weighted by atomic mass is 10.1. The molecule has 0 saturated heterocycles. The molecule has 94 valence electrons. The molecule has 0 aliphatic carbocycles. The number of nitrogens with zero attached hydrogens (tertiary/aromatic N) is 1. The average Bonchev–Trinajstić information content (AvgIpc) is 2.24. The van der Waals surface area contributed by atoms with Gasteiger partial charge in [-0.2, -0.15) is 0 Å². The molecule has 1 aromatic carbocycles. The van der Waals surface area contributed by atoms with Crippen LogP contribution in [-0.2, 0) is 6.54 Å². The van der Waals surface area contributed by atoms with Crippen LogP contribution >= 0.6 is 12.2 Å². The van der Waals surface area contributed by atoms with Crippen molar-refractivity contribution in [3.8, 4) is 0 Å². The second kappa shape index (κ2) is 6.02. The van der Waals surface area contributed by atoms with Gasteiger partial charge in [0, 0.05) is 24.6 Å². The van der Waals surface area contributed by atoms with Gasteiger partial charge in [-0.25, -0.2) is 8.78 Å². The van der Waals surface area contributed by atoms with Crippen LogP contribution in [0.5, 0.6) is 0 Å². The van der Waals surface area contributed by atoms with Crippen molar-refractivity contribution in [3.05, 3.63) is 35.4 Å². The predicted molar refractivity (Wildman–Crippen MR) is 68.6 cm³/mol. The minimum Gasteiger partial charge on any atom is -0.393 e. The molecule has 1 aromatic rings. The summed E-state index contributed by atoms with van der Waals surface area (Å²) in [6, 6.07) is 4.18. The molecule has 0 spiro atoms. The van der Waals surface area contributed by atoms with E-state index in [0.717, 1.165) is 6.07 Å². The van der Waals surface area contributed by atoms with Crippen molar-refractivity contribution in [2.75, 3.05) is 13.6 Å². The van der Waals surface area contributed by atoms with Gasteiger partial charge in [-0.15, -0.1) is 0 Å². The Kier molecular flexibility index (Phi) is 4.96. The molecular formula is C12H16F2N2S. The van der Waals surface area contributed by atoms with Gasteiger partial charge in [0.2, 0.25) is 0 Å². The van der Waals surface area contributed by atoms with Crippen molar-refractivity contribution >= 4 is 17.2 Å². The zero-order chi connectivity index (χ0) is 13.0. The number of halogens is 2. The number of benzene rings is 1. The molecule has 17 heavy (non-hydrogen) atoms. The van der Waals surface area contributed by atoms with Crippen LogP contribution in [0.15, 0.2) is 18.2 Å². The Bertz CT molecular complexity index is 409. The van der Waals surface area contributed by atoms with Gasteiger partial charge >= 0.3 is 0 Å². The number of rotatable bonds is 5. The highest BCUT2D eigenvalue weighted by Gasteiger charge is 2.12. The Morgan fingerprint density at radius 2 is 2.12 bits per heavy atom. The molecule has 1 rings (SSSR count). The van der Waals surface area contributed by atoms with Gasteiger partial charge < -0.3 is 10.6 Å². The summed E-state index contributed by atoms with van der Waals surface area (Å²) >= 11 is 4.86. The standard InChI is InChI=1S/C12H16F2N2S/c1-8(12(15)17)6-16(2)7-9-4-3-5-10(13)11(9)14/h3-5,8H,6-7H2,1-2H3,(H2,15,17). The van der Waals surface area contributed by atoms with E-state index in [4.69, 9.17) is 18.0 Å². The zero-order valence-corrected chi connectivity index (χ0v) is 10.7. The summed E-state index contributed by atoms with van der Waals surface area (Å²) in [4.78, 5) is 2.29. The predicted octanol–water partition coefficient (Wildman–Crippen LogP) is 2.32. The molecule has 0 aromatic heterocycles. The third-order valence-electron chi connectivity index (χ3n) is 2.54. The smallest absolute Gasteiger partial charge is 0.163 e. The molecule has 0 heterocycles. The van der Waals surface area contributed by atoms with Crippen LogP contribution < -0.4 is 5.73 Å². The van der Waals surface area contributed by atoms with E-state index in [-0.39, 0.29) is 5.92 Å². The van der Waals surface area contributed by atoms with Gasteiger partial charge in [0.05, 0.1) is 4.99 Å². The molecule has 1 unspecified atom stereocenters.